The summed E-state index contributed by atoms with van der Waals surface area (Å²) in [5.74, 6) is 0.348. The van der Waals surface area contributed by atoms with Gasteiger partial charge in [-0.25, -0.2) is 0 Å². The zero-order valence-electron chi connectivity index (χ0n) is 12.3. The molecule has 0 spiro atoms. The lowest BCUT2D eigenvalue weighted by molar-refractivity contribution is 0.246. The smallest absolute Gasteiger partial charge is 0.260 e. The number of aromatic nitrogens is 1. The number of halogens is 1. The van der Waals surface area contributed by atoms with Gasteiger partial charge in [0, 0.05) is 31.2 Å². The molecule has 0 amide bonds. The summed E-state index contributed by atoms with van der Waals surface area (Å²) in [5, 5.41) is 0. The van der Waals surface area contributed by atoms with E-state index in [-0.39, 0.29) is 6.04 Å². The maximum Gasteiger partial charge on any atom is 0.282 e. The molecule has 5 nitrogen and oxygen atoms in total. The minimum absolute atomic E-state index is 0.0943. The minimum atomic E-state index is -3.49. The molecule has 1 unspecified atom stereocenters. The van der Waals surface area contributed by atoms with Crippen LogP contribution >= 0.6 is 11.6 Å². The number of hydrogen-bond acceptors (Lipinski definition) is 3. The number of pyridine rings is 1. The molecule has 0 aromatic carbocycles. The SMILES string of the molecule is CCN(Cc1ccccn1)S(=O)(=O)N1CCCCC1CCl. The third kappa shape index (κ3) is 3.94. The van der Waals surface area contributed by atoms with Crippen molar-refractivity contribution in [3.05, 3.63) is 30.1 Å². The van der Waals surface area contributed by atoms with Crippen molar-refractivity contribution in [2.45, 2.75) is 38.8 Å². The van der Waals surface area contributed by atoms with Crippen LogP contribution in [0.5, 0.6) is 0 Å². The van der Waals surface area contributed by atoms with Crippen molar-refractivity contribution >= 4 is 21.8 Å². The molecular weight excluding hydrogens is 310 g/mol. The van der Waals surface area contributed by atoms with Crippen molar-refractivity contribution in [2.75, 3.05) is 19.0 Å². The van der Waals surface area contributed by atoms with Crippen LogP contribution in [0, 0.1) is 0 Å². The molecule has 1 aromatic rings. The van der Waals surface area contributed by atoms with Gasteiger partial charge in [-0.2, -0.15) is 17.0 Å². The van der Waals surface area contributed by atoms with Gasteiger partial charge in [-0.1, -0.05) is 19.4 Å². The molecule has 1 fully saturated rings. The standard InChI is InChI=1S/C14H22ClN3O2S/c1-2-17(12-13-7-3-5-9-16-13)21(19,20)18-10-6-4-8-14(18)11-15/h3,5,7,9,14H,2,4,6,8,10-12H2,1H3. The van der Waals surface area contributed by atoms with E-state index in [4.69, 9.17) is 11.6 Å². The Labute approximate surface area is 132 Å². The molecule has 0 aliphatic carbocycles. The summed E-state index contributed by atoms with van der Waals surface area (Å²) in [5.41, 5.74) is 0.752. The molecule has 0 bridgehead atoms. The van der Waals surface area contributed by atoms with Gasteiger partial charge < -0.3 is 0 Å². The first kappa shape index (κ1) is 16.7. The molecule has 1 saturated heterocycles. The third-order valence-corrected chi connectivity index (χ3v) is 6.26. The lowest BCUT2D eigenvalue weighted by atomic mass is 10.1. The van der Waals surface area contributed by atoms with E-state index in [1.165, 1.54) is 4.31 Å². The summed E-state index contributed by atoms with van der Waals surface area (Å²) in [6.07, 6.45) is 4.45. The lowest BCUT2D eigenvalue weighted by Crippen LogP contribution is -2.51. The second-order valence-corrected chi connectivity index (χ2v) is 7.36. The summed E-state index contributed by atoms with van der Waals surface area (Å²) in [7, 11) is -3.49. The number of rotatable bonds is 6. The minimum Gasteiger partial charge on any atom is -0.260 e. The number of piperidine rings is 1. The summed E-state index contributed by atoms with van der Waals surface area (Å²) >= 11 is 5.95. The van der Waals surface area contributed by atoms with Crippen LogP contribution in [-0.4, -0.2) is 47.0 Å². The maximum absolute atomic E-state index is 12.9. The van der Waals surface area contributed by atoms with E-state index in [2.05, 4.69) is 4.98 Å². The molecule has 2 heterocycles. The van der Waals surface area contributed by atoms with Gasteiger partial charge in [0.2, 0.25) is 0 Å². The Kier molecular flexibility index (Phi) is 5.98. The van der Waals surface area contributed by atoms with Crippen LogP contribution in [0.4, 0.5) is 0 Å². The third-order valence-electron chi connectivity index (χ3n) is 3.79. The first-order chi connectivity index (χ1) is 10.1. The highest BCUT2D eigenvalue weighted by Crippen LogP contribution is 2.24. The fourth-order valence-corrected chi connectivity index (χ4v) is 4.85. The Morgan fingerprint density at radius 3 is 2.86 bits per heavy atom. The average Bonchev–Trinajstić information content (AvgIpc) is 2.53. The largest absolute Gasteiger partial charge is 0.282 e. The van der Waals surface area contributed by atoms with E-state index in [0.29, 0.717) is 25.5 Å². The van der Waals surface area contributed by atoms with Gasteiger partial charge in [-0.05, 0) is 25.0 Å². The molecule has 0 saturated carbocycles. The Balaban J connectivity index is 2.18. The van der Waals surface area contributed by atoms with Crippen LogP contribution < -0.4 is 0 Å². The summed E-state index contributed by atoms with van der Waals surface area (Å²) in [6, 6.07) is 5.43. The maximum atomic E-state index is 12.9. The van der Waals surface area contributed by atoms with E-state index in [9.17, 15) is 8.42 Å². The van der Waals surface area contributed by atoms with Crippen LogP contribution in [-0.2, 0) is 16.8 Å². The molecule has 1 atom stereocenters. The van der Waals surface area contributed by atoms with Gasteiger partial charge >= 0.3 is 0 Å². The van der Waals surface area contributed by atoms with Gasteiger partial charge in [0.05, 0.1) is 12.2 Å². The Morgan fingerprint density at radius 2 is 2.24 bits per heavy atom. The van der Waals surface area contributed by atoms with Gasteiger partial charge in [-0.3, -0.25) is 4.98 Å². The van der Waals surface area contributed by atoms with E-state index >= 15 is 0 Å². The van der Waals surface area contributed by atoms with E-state index < -0.39 is 10.2 Å². The molecule has 7 heteroatoms. The zero-order chi connectivity index (χ0) is 15.3. The van der Waals surface area contributed by atoms with Crippen LogP contribution in [0.15, 0.2) is 24.4 Å². The monoisotopic (exact) mass is 331 g/mol. The number of nitrogens with zero attached hydrogens (tertiary/aromatic N) is 3. The molecule has 1 aromatic heterocycles. The van der Waals surface area contributed by atoms with Gasteiger partial charge in [0.15, 0.2) is 0 Å². The van der Waals surface area contributed by atoms with Crippen molar-refractivity contribution in [2.24, 2.45) is 0 Å². The van der Waals surface area contributed by atoms with Gasteiger partial charge in [0.1, 0.15) is 0 Å². The van der Waals surface area contributed by atoms with Crippen LogP contribution in [0.2, 0.25) is 0 Å². The van der Waals surface area contributed by atoms with Crippen LogP contribution in [0.25, 0.3) is 0 Å². The van der Waals surface area contributed by atoms with Crippen molar-refractivity contribution in [3.63, 3.8) is 0 Å². The summed E-state index contributed by atoms with van der Waals surface area (Å²) in [6.45, 7) is 3.12. The molecular formula is C14H22ClN3O2S. The Hall–Kier alpha value is -0.690. The van der Waals surface area contributed by atoms with E-state index in [1.54, 1.807) is 10.5 Å². The van der Waals surface area contributed by atoms with Crippen LogP contribution in [0.3, 0.4) is 0 Å². The van der Waals surface area contributed by atoms with Crippen molar-refractivity contribution in [1.82, 2.24) is 13.6 Å². The average molecular weight is 332 g/mol. The lowest BCUT2D eigenvalue weighted by Gasteiger charge is -2.36. The normalized spacial score (nSPS) is 20.8. The Bertz CT molecular complexity index is 538. The number of hydrogen-bond donors (Lipinski definition) is 0. The van der Waals surface area contributed by atoms with Gasteiger partial charge in [-0.15, -0.1) is 11.6 Å². The first-order valence-corrected chi connectivity index (χ1v) is 9.25. The highest BCUT2D eigenvalue weighted by molar-refractivity contribution is 7.86. The summed E-state index contributed by atoms with van der Waals surface area (Å²) in [4.78, 5) is 4.21. The highest BCUT2D eigenvalue weighted by Gasteiger charge is 2.35. The molecule has 0 N–H and O–H groups in total. The second kappa shape index (κ2) is 7.54. The molecule has 1 aliphatic rings. The van der Waals surface area contributed by atoms with E-state index in [1.807, 2.05) is 25.1 Å². The van der Waals surface area contributed by atoms with E-state index in [0.717, 1.165) is 25.0 Å². The fourth-order valence-electron chi connectivity index (χ4n) is 2.61. The Morgan fingerprint density at radius 1 is 1.43 bits per heavy atom. The van der Waals surface area contributed by atoms with Crippen molar-refractivity contribution < 1.29 is 8.42 Å². The quantitative estimate of drug-likeness (QED) is 0.751. The fraction of sp³-hybridized carbons (Fsp3) is 0.643. The predicted molar refractivity (Wildman–Crippen MR) is 84.3 cm³/mol. The van der Waals surface area contributed by atoms with Crippen molar-refractivity contribution in [1.29, 1.82) is 0 Å². The molecule has 0 radical (unpaired) electrons. The van der Waals surface area contributed by atoms with Gasteiger partial charge in [0.25, 0.3) is 10.2 Å². The first-order valence-electron chi connectivity index (χ1n) is 7.32. The van der Waals surface area contributed by atoms with Crippen LogP contribution in [0.1, 0.15) is 31.9 Å². The molecule has 21 heavy (non-hydrogen) atoms. The highest BCUT2D eigenvalue weighted by atomic mass is 35.5. The summed E-state index contributed by atoms with van der Waals surface area (Å²) < 4.78 is 28.7. The molecule has 118 valence electrons. The number of alkyl halides is 1. The molecule has 1 aliphatic heterocycles. The predicted octanol–water partition coefficient (Wildman–Crippen LogP) is 2.24. The zero-order valence-corrected chi connectivity index (χ0v) is 13.9. The second-order valence-electron chi connectivity index (χ2n) is 5.17. The molecule has 2 rings (SSSR count). The van der Waals surface area contributed by atoms with Crippen molar-refractivity contribution in [3.8, 4) is 0 Å². The topological polar surface area (TPSA) is 53.5 Å².